The molecule has 0 atom stereocenters. The molecule has 0 unspecified atom stereocenters. The van der Waals surface area contributed by atoms with E-state index in [0.29, 0.717) is 11.5 Å². The molecule has 0 saturated heterocycles. The minimum atomic E-state index is -0.164. The summed E-state index contributed by atoms with van der Waals surface area (Å²) in [5.74, 6) is 0.0579. The molecule has 1 aromatic rings. The van der Waals surface area contributed by atoms with E-state index >= 15 is 0 Å². The quantitative estimate of drug-likeness (QED) is 0.311. The first kappa shape index (κ1) is 16.2. The highest BCUT2D eigenvalue weighted by molar-refractivity contribution is 7.80. The fourth-order valence-electron chi connectivity index (χ4n) is 1.60. The molecule has 110 valence electrons. The van der Waals surface area contributed by atoms with Gasteiger partial charge in [0.05, 0.1) is 7.11 Å². The summed E-state index contributed by atoms with van der Waals surface area (Å²) in [6.45, 7) is 0.755. The van der Waals surface area contributed by atoms with Gasteiger partial charge < -0.3 is 20.5 Å². The summed E-state index contributed by atoms with van der Waals surface area (Å²) >= 11 is 5.15. The topological polar surface area (TPSA) is 70.6 Å². The number of phenols is 1. The molecule has 1 rings (SSSR count). The molecule has 0 saturated carbocycles. The van der Waals surface area contributed by atoms with Gasteiger partial charge in [-0.3, -0.25) is 4.79 Å². The van der Waals surface area contributed by atoms with Crippen LogP contribution >= 0.6 is 12.2 Å². The highest BCUT2D eigenvalue weighted by Gasteiger charge is 2.00. The molecular formula is C14H20N2O3S. The SMILES string of the molecule is COC(=O)CCCCCNC(=S)Nc1ccc(O)cc1. The minimum absolute atomic E-state index is 0.164. The number of phenolic OH excluding ortho intramolecular Hbond substituents is 1. The molecule has 0 aromatic heterocycles. The van der Waals surface area contributed by atoms with E-state index in [0.717, 1.165) is 31.5 Å². The fourth-order valence-corrected chi connectivity index (χ4v) is 1.82. The second-order valence-corrected chi connectivity index (χ2v) is 4.72. The molecule has 0 heterocycles. The number of benzene rings is 1. The largest absolute Gasteiger partial charge is 0.508 e. The lowest BCUT2D eigenvalue weighted by atomic mass is 10.2. The third kappa shape index (κ3) is 6.94. The van der Waals surface area contributed by atoms with Gasteiger partial charge in [-0.2, -0.15) is 0 Å². The van der Waals surface area contributed by atoms with Crippen molar-refractivity contribution in [2.24, 2.45) is 0 Å². The standard InChI is InChI=1S/C14H20N2O3S/c1-19-13(18)5-3-2-4-10-15-14(20)16-11-6-8-12(17)9-7-11/h6-9,17H,2-5,10H2,1H3,(H2,15,16,20). The summed E-state index contributed by atoms with van der Waals surface area (Å²) in [4.78, 5) is 10.9. The molecule has 0 radical (unpaired) electrons. The van der Waals surface area contributed by atoms with Crippen molar-refractivity contribution in [3.8, 4) is 5.75 Å². The van der Waals surface area contributed by atoms with Gasteiger partial charge in [0, 0.05) is 18.7 Å². The summed E-state index contributed by atoms with van der Waals surface area (Å²) in [6.07, 6.45) is 3.18. The zero-order valence-electron chi connectivity index (χ0n) is 11.5. The summed E-state index contributed by atoms with van der Waals surface area (Å²) < 4.78 is 4.57. The highest BCUT2D eigenvalue weighted by atomic mass is 32.1. The summed E-state index contributed by atoms with van der Waals surface area (Å²) in [6, 6.07) is 6.69. The number of hydrogen-bond acceptors (Lipinski definition) is 4. The minimum Gasteiger partial charge on any atom is -0.508 e. The van der Waals surface area contributed by atoms with Crippen LogP contribution in [0.15, 0.2) is 24.3 Å². The van der Waals surface area contributed by atoms with Crippen molar-refractivity contribution < 1.29 is 14.6 Å². The van der Waals surface area contributed by atoms with Crippen molar-refractivity contribution in [3.05, 3.63) is 24.3 Å². The number of carbonyl (C=O) groups excluding carboxylic acids is 1. The van der Waals surface area contributed by atoms with E-state index in [9.17, 15) is 4.79 Å². The van der Waals surface area contributed by atoms with Gasteiger partial charge in [-0.15, -0.1) is 0 Å². The lowest BCUT2D eigenvalue weighted by molar-refractivity contribution is -0.140. The van der Waals surface area contributed by atoms with Gasteiger partial charge >= 0.3 is 5.97 Å². The van der Waals surface area contributed by atoms with Crippen LogP contribution in [0.4, 0.5) is 5.69 Å². The molecule has 5 nitrogen and oxygen atoms in total. The van der Waals surface area contributed by atoms with Crippen LogP contribution in [0.1, 0.15) is 25.7 Å². The molecule has 0 amide bonds. The van der Waals surface area contributed by atoms with Crippen LogP contribution in [0.5, 0.6) is 5.75 Å². The number of carbonyl (C=O) groups is 1. The van der Waals surface area contributed by atoms with Crippen molar-refractivity contribution in [1.82, 2.24) is 5.32 Å². The maximum Gasteiger partial charge on any atom is 0.305 e. The van der Waals surface area contributed by atoms with Crippen LogP contribution in [0.3, 0.4) is 0 Å². The van der Waals surface area contributed by atoms with Crippen LogP contribution in [-0.2, 0) is 9.53 Å². The number of aromatic hydroxyl groups is 1. The van der Waals surface area contributed by atoms with E-state index in [1.54, 1.807) is 24.3 Å². The Bertz CT molecular complexity index is 435. The zero-order valence-corrected chi connectivity index (χ0v) is 12.3. The first-order valence-corrected chi connectivity index (χ1v) is 6.93. The van der Waals surface area contributed by atoms with E-state index in [-0.39, 0.29) is 11.7 Å². The number of esters is 1. The monoisotopic (exact) mass is 296 g/mol. The first-order chi connectivity index (χ1) is 9.61. The molecule has 0 spiro atoms. The van der Waals surface area contributed by atoms with Gasteiger partial charge in [0.25, 0.3) is 0 Å². The summed E-state index contributed by atoms with van der Waals surface area (Å²) in [7, 11) is 1.40. The third-order valence-corrected chi connectivity index (χ3v) is 2.94. The number of unbranched alkanes of at least 4 members (excludes halogenated alkanes) is 2. The number of anilines is 1. The zero-order chi connectivity index (χ0) is 14.8. The average molecular weight is 296 g/mol. The highest BCUT2D eigenvalue weighted by Crippen LogP contribution is 2.13. The second kappa shape index (κ2) is 9.14. The Morgan fingerprint density at radius 1 is 1.25 bits per heavy atom. The number of rotatable bonds is 7. The van der Waals surface area contributed by atoms with E-state index in [2.05, 4.69) is 15.4 Å². The van der Waals surface area contributed by atoms with Crippen molar-refractivity contribution in [2.45, 2.75) is 25.7 Å². The Hall–Kier alpha value is -1.82. The molecule has 0 aliphatic heterocycles. The lowest BCUT2D eigenvalue weighted by Crippen LogP contribution is -2.29. The first-order valence-electron chi connectivity index (χ1n) is 6.52. The predicted octanol–water partition coefficient (Wildman–Crippen LogP) is 2.41. The molecule has 6 heteroatoms. The summed E-state index contributed by atoms with van der Waals surface area (Å²) in [5, 5.41) is 15.8. The smallest absolute Gasteiger partial charge is 0.305 e. The number of methoxy groups -OCH3 is 1. The van der Waals surface area contributed by atoms with E-state index < -0.39 is 0 Å². The van der Waals surface area contributed by atoms with Gasteiger partial charge in [0.2, 0.25) is 0 Å². The molecule has 0 aliphatic rings. The van der Waals surface area contributed by atoms with Crippen LogP contribution in [0, 0.1) is 0 Å². The lowest BCUT2D eigenvalue weighted by Gasteiger charge is -2.10. The number of hydrogen-bond donors (Lipinski definition) is 3. The number of ether oxygens (including phenoxy) is 1. The van der Waals surface area contributed by atoms with Crippen molar-refractivity contribution in [3.63, 3.8) is 0 Å². The van der Waals surface area contributed by atoms with Crippen molar-refractivity contribution in [2.75, 3.05) is 19.0 Å². The molecule has 0 fully saturated rings. The number of nitrogens with one attached hydrogen (secondary N) is 2. The molecule has 3 N–H and O–H groups in total. The maximum atomic E-state index is 10.9. The molecule has 0 aliphatic carbocycles. The van der Waals surface area contributed by atoms with Gasteiger partial charge in [-0.1, -0.05) is 6.42 Å². The van der Waals surface area contributed by atoms with Gasteiger partial charge in [0.15, 0.2) is 5.11 Å². The second-order valence-electron chi connectivity index (χ2n) is 4.31. The van der Waals surface area contributed by atoms with E-state index in [4.69, 9.17) is 17.3 Å². The van der Waals surface area contributed by atoms with Crippen molar-refractivity contribution in [1.29, 1.82) is 0 Å². The Kier molecular flexibility index (Phi) is 7.42. The molecule has 1 aromatic carbocycles. The van der Waals surface area contributed by atoms with Gasteiger partial charge in [-0.25, -0.2) is 0 Å². The van der Waals surface area contributed by atoms with Gasteiger partial charge in [-0.05, 0) is 49.3 Å². The molecule has 0 bridgehead atoms. The molecule has 20 heavy (non-hydrogen) atoms. The average Bonchev–Trinajstić information content (AvgIpc) is 2.44. The van der Waals surface area contributed by atoms with Crippen LogP contribution < -0.4 is 10.6 Å². The normalized spacial score (nSPS) is 9.85. The predicted molar refractivity (Wildman–Crippen MR) is 82.8 cm³/mol. The van der Waals surface area contributed by atoms with E-state index in [1.807, 2.05) is 0 Å². The van der Waals surface area contributed by atoms with Gasteiger partial charge in [0.1, 0.15) is 5.75 Å². The van der Waals surface area contributed by atoms with Crippen molar-refractivity contribution >= 4 is 29.0 Å². The Labute approximate surface area is 124 Å². The maximum absolute atomic E-state index is 10.9. The van der Waals surface area contributed by atoms with Crippen LogP contribution in [-0.4, -0.2) is 29.8 Å². The fraction of sp³-hybridized carbons (Fsp3) is 0.429. The number of thiocarbonyl (C=S) groups is 1. The Balaban J connectivity index is 2.08. The molecular weight excluding hydrogens is 276 g/mol. The third-order valence-electron chi connectivity index (χ3n) is 2.70. The van der Waals surface area contributed by atoms with E-state index in [1.165, 1.54) is 7.11 Å². The van der Waals surface area contributed by atoms with Crippen LogP contribution in [0.25, 0.3) is 0 Å². The summed E-state index contributed by atoms with van der Waals surface area (Å²) in [5.41, 5.74) is 0.825. The van der Waals surface area contributed by atoms with Crippen LogP contribution in [0.2, 0.25) is 0 Å². The Morgan fingerprint density at radius 2 is 1.95 bits per heavy atom. The Morgan fingerprint density at radius 3 is 2.60 bits per heavy atom.